The van der Waals surface area contributed by atoms with Gasteiger partial charge in [0.1, 0.15) is 0 Å². The van der Waals surface area contributed by atoms with E-state index >= 15 is 0 Å². The molecule has 2 aliphatic heterocycles. The van der Waals surface area contributed by atoms with Crippen molar-refractivity contribution in [1.29, 1.82) is 0 Å². The summed E-state index contributed by atoms with van der Waals surface area (Å²) in [5, 5.41) is 2.82. The molecule has 2 saturated heterocycles. The first kappa shape index (κ1) is 23.5. The summed E-state index contributed by atoms with van der Waals surface area (Å²) in [7, 11) is 0. The van der Waals surface area contributed by atoms with E-state index in [1.54, 1.807) is 0 Å². The average molecular weight is 448 g/mol. The Morgan fingerprint density at radius 3 is 2.33 bits per heavy atom. The molecule has 0 aromatic heterocycles. The monoisotopic (exact) mass is 447 g/mol. The summed E-state index contributed by atoms with van der Waals surface area (Å²) < 4.78 is 0. The van der Waals surface area contributed by atoms with E-state index in [1.165, 1.54) is 24.5 Å². The molecule has 33 heavy (non-hydrogen) atoms. The Bertz CT molecular complexity index is 904. The molecule has 176 valence electrons. The van der Waals surface area contributed by atoms with Crippen molar-refractivity contribution in [3.05, 3.63) is 65.7 Å². The van der Waals surface area contributed by atoms with Crippen LogP contribution in [-0.4, -0.2) is 47.8 Å². The second-order valence-electron chi connectivity index (χ2n) is 9.65. The number of likely N-dealkylation sites (tertiary alicyclic amines) is 2. The molecule has 4 rings (SSSR count). The summed E-state index contributed by atoms with van der Waals surface area (Å²) in [5.41, 5.74) is 3.42. The zero-order valence-corrected chi connectivity index (χ0v) is 19.8. The predicted molar refractivity (Wildman–Crippen MR) is 133 cm³/mol. The molecule has 0 spiro atoms. The van der Waals surface area contributed by atoms with Gasteiger partial charge in [0.25, 0.3) is 0 Å². The van der Waals surface area contributed by atoms with E-state index in [1.807, 2.05) is 18.2 Å². The first-order chi connectivity index (χ1) is 16.1. The largest absolute Gasteiger partial charge is 0.342 e. The molecular formula is C28H37N3O2. The lowest BCUT2D eigenvalue weighted by Gasteiger charge is -2.36. The molecule has 0 saturated carbocycles. The molecule has 2 aliphatic rings. The number of amides is 2. The average Bonchev–Trinajstić information content (AvgIpc) is 3.01. The molecule has 1 unspecified atom stereocenters. The van der Waals surface area contributed by atoms with E-state index < -0.39 is 0 Å². The number of rotatable bonds is 7. The third-order valence-electron chi connectivity index (χ3n) is 7.22. The summed E-state index contributed by atoms with van der Waals surface area (Å²) >= 11 is 0. The van der Waals surface area contributed by atoms with Crippen LogP contribution in [0.3, 0.4) is 0 Å². The standard InChI is InChI=1S/C28H37N3O2/c1-22(32)29-26-12-10-24(11-13-26)21-30-18-15-25(16-19-30)27-9-5-6-17-31(28(27)33)20-14-23-7-3-2-4-8-23/h2-4,7-8,10-13,25,27H,5-6,9,14-21H2,1H3,(H,29,32). The van der Waals surface area contributed by atoms with Crippen molar-refractivity contribution in [3.8, 4) is 0 Å². The van der Waals surface area contributed by atoms with Gasteiger partial charge in [0.15, 0.2) is 0 Å². The van der Waals surface area contributed by atoms with E-state index in [9.17, 15) is 9.59 Å². The summed E-state index contributed by atoms with van der Waals surface area (Å²) in [4.78, 5) is 29.3. The molecule has 1 atom stereocenters. The smallest absolute Gasteiger partial charge is 0.225 e. The lowest BCUT2D eigenvalue weighted by atomic mass is 9.81. The van der Waals surface area contributed by atoms with Crippen LogP contribution in [0.4, 0.5) is 5.69 Å². The molecule has 2 aromatic carbocycles. The molecule has 0 radical (unpaired) electrons. The van der Waals surface area contributed by atoms with Crippen molar-refractivity contribution in [1.82, 2.24) is 9.80 Å². The van der Waals surface area contributed by atoms with Gasteiger partial charge in [-0.1, -0.05) is 48.9 Å². The number of anilines is 1. The maximum absolute atomic E-state index is 13.4. The molecule has 0 bridgehead atoms. The summed E-state index contributed by atoms with van der Waals surface area (Å²) in [6.45, 7) is 6.30. The normalized spacial score (nSPS) is 20.5. The van der Waals surface area contributed by atoms with Gasteiger partial charge in [-0.15, -0.1) is 0 Å². The van der Waals surface area contributed by atoms with Gasteiger partial charge in [0, 0.05) is 38.2 Å². The number of hydrogen-bond donors (Lipinski definition) is 1. The highest BCUT2D eigenvalue weighted by molar-refractivity contribution is 5.88. The minimum atomic E-state index is -0.0449. The maximum atomic E-state index is 13.4. The Morgan fingerprint density at radius 1 is 0.909 bits per heavy atom. The summed E-state index contributed by atoms with van der Waals surface area (Å²) in [5.74, 6) is 1.06. The topological polar surface area (TPSA) is 52.7 Å². The van der Waals surface area contributed by atoms with Crippen molar-refractivity contribution in [2.45, 2.75) is 52.0 Å². The Balaban J connectivity index is 1.28. The fourth-order valence-corrected chi connectivity index (χ4v) is 5.37. The Hall–Kier alpha value is -2.66. The highest BCUT2D eigenvalue weighted by Crippen LogP contribution is 2.32. The lowest BCUT2D eigenvalue weighted by molar-refractivity contribution is -0.137. The van der Waals surface area contributed by atoms with E-state index in [4.69, 9.17) is 0 Å². The maximum Gasteiger partial charge on any atom is 0.225 e. The minimum Gasteiger partial charge on any atom is -0.342 e. The van der Waals surface area contributed by atoms with Crippen molar-refractivity contribution in [2.75, 3.05) is 31.5 Å². The second-order valence-corrected chi connectivity index (χ2v) is 9.65. The highest BCUT2D eigenvalue weighted by atomic mass is 16.2. The fraction of sp³-hybridized carbons (Fsp3) is 0.500. The SMILES string of the molecule is CC(=O)Nc1ccc(CN2CCC(C3CCCCN(CCc4ccccc4)C3=O)CC2)cc1. The number of piperidine rings is 1. The molecule has 2 amide bonds. The van der Waals surface area contributed by atoms with Crippen LogP contribution < -0.4 is 5.32 Å². The highest BCUT2D eigenvalue weighted by Gasteiger charge is 2.34. The summed E-state index contributed by atoms with van der Waals surface area (Å²) in [6.07, 6.45) is 6.50. The number of carbonyl (C=O) groups excluding carboxylic acids is 2. The number of nitrogens with zero attached hydrogens (tertiary/aromatic N) is 2. The number of carbonyl (C=O) groups is 2. The summed E-state index contributed by atoms with van der Waals surface area (Å²) in [6, 6.07) is 18.6. The van der Waals surface area contributed by atoms with Crippen LogP contribution in [0.1, 0.15) is 50.2 Å². The van der Waals surface area contributed by atoms with E-state index in [2.05, 4.69) is 51.5 Å². The van der Waals surface area contributed by atoms with Gasteiger partial charge in [-0.25, -0.2) is 0 Å². The molecule has 5 nitrogen and oxygen atoms in total. The van der Waals surface area contributed by atoms with Gasteiger partial charge in [0.2, 0.25) is 11.8 Å². The van der Waals surface area contributed by atoms with Crippen LogP contribution in [-0.2, 0) is 22.6 Å². The van der Waals surface area contributed by atoms with Crippen LogP contribution >= 0.6 is 0 Å². The number of hydrogen-bond acceptors (Lipinski definition) is 3. The van der Waals surface area contributed by atoms with Crippen molar-refractivity contribution < 1.29 is 9.59 Å². The number of nitrogens with one attached hydrogen (secondary N) is 1. The van der Waals surface area contributed by atoms with E-state index in [0.717, 1.165) is 70.5 Å². The van der Waals surface area contributed by atoms with Gasteiger partial charge in [-0.3, -0.25) is 14.5 Å². The molecule has 2 aromatic rings. The van der Waals surface area contributed by atoms with Gasteiger partial charge >= 0.3 is 0 Å². The third kappa shape index (κ3) is 6.67. The third-order valence-corrected chi connectivity index (χ3v) is 7.22. The quantitative estimate of drug-likeness (QED) is 0.668. The van der Waals surface area contributed by atoms with Crippen molar-refractivity contribution in [3.63, 3.8) is 0 Å². The zero-order valence-electron chi connectivity index (χ0n) is 19.8. The lowest BCUT2D eigenvalue weighted by Crippen LogP contribution is -2.42. The van der Waals surface area contributed by atoms with Crippen molar-refractivity contribution >= 4 is 17.5 Å². The Morgan fingerprint density at radius 2 is 1.64 bits per heavy atom. The fourth-order valence-electron chi connectivity index (χ4n) is 5.37. The molecule has 2 heterocycles. The van der Waals surface area contributed by atoms with E-state index in [0.29, 0.717) is 11.8 Å². The van der Waals surface area contributed by atoms with Crippen LogP contribution in [0.25, 0.3) is 0 Å². The molecular weight excluding hydrogens is 410 g/mol. The van der Waals surface area contributed by atoms with Crippen LogP contribution in [0.5, 0.6) is 0 Å². The minimum absolute atomic E-state index is 0.0449. The Labute approximate surface area is 198 Å². The van der Waals surface area contributed by atoms with Crippen molar-refractivity contribution in [2.24, 2.45) is 11.8 Å². The molecule has 1 N–H and O–H groups in total. The molecule has 2 fully saturated rings. The van der Waals surface area contributed by atoms with Crippen LogP contribution in [0, 0.1) is 11.8 Å². The first-order valence-corrected chi connectivity index (χ1v) is 12.5. The first-order valence-electron chi connectivity index (χ1n) is 12.5. The van der Waals surface area contributed by atoms with Crippen LogP contribution in [0.15, 0.2) is 54.6 Å². The Kier molecular flexibility index (Phi) is 8.16. The second kappa shape index (κ2) is 11.5. The predicted octanol–water partition coefficient (Wildman–Crippen LogP) is 4.73. The van der Waals surface area contributed by atoms with Crippen LogP contribution in [0.2, 0.25) is 0 Å². The van der Waals surface area contributed by atoms with Gasteiger partial charge in [0.05, 0.1) is 0 Å². The molecule has 0 aliphatic carbocycles. The van der Waals surface area contributed by atoms with Gasteiger partial charge < -0.3 is 10.2 Å². The molecule has 5 heteroatoms. The van der Waals surface area contributed by atoms with Gasteiger partial charge in [-0.05, 0) is 74.4 Å². The zero-order chi connectivity index (χ0) is 23.0. The van der Waals surface area contributed by atoms with E-state index in [-0.39, 0.29) is 11.8 Å². The number of benzene rings is 2. The van der Waals surface area contributed by atoms with Gasteiger partial charge in [-0.2, -0.15) is 0 Å².